The zero-order valence-corrected chi connectivity index (χ0v) is 10.7. The first-order valence-electron chi connectivity index (χ1n) is 5.34. The molecule has 16 heavy (non-hydrogen) atoms. The molecule has 0 radical (unpaired) electrons. The van der Waals surface area contributed by atoms with E-state index < -0.39 is 17.9 Å². The minimum absolute atomic E-state index is 0.132. The van der Waals surface area contributed by atoms with E-state index in [-0.39, 0.29) is 5.41 Å². The highest BCUT2D eigenvalue weighted by atomic mass is 16.4. The molecule has 2 N–H and O–H groups in total. The molecular formula is C11H22N2O3. The second-order valence-corrected chi connectivity index (χ2v) is 5.13. The van der Waals surface area contributed by atoms with Gasteiger partial charge in [0.2, 0.25) is 0 Å². The molecule has 0 bridgehead atoms. The van der Waals surface area contributed by atoms with Gasteiger partial charge in [-0.1, -0.05) is 20.8 Å². The van der Waals surface area contributed by atoms with Gasteiger partial charge in [-0.3, -0.25) is 10.1 Å². The van der Waals surface area contributed by atoms with E-state index in [4.69, 9.17) is 5.11 Å². The van der Waals surface area contributed by atoms with Crippen molar-refractivity contribution in [3.8, 4) is 0 Å². The lowest BCUT2D eigenvalue weighted by Crippen LogP contribution is -2.49. The van der Waals surface area contributed by atoms with E-state index in [1.165, 1.54) is 11.9 Å². The molecule has 0 aliphatic heterocycles. The van der Waals surface area contributed by atoms with Gasteiger partial charge < -0.3 is 10.0 Å². The summed E-state index contributed by atoms with van der Waals surface area (Å²) < 4.78 is 0. The van der Waals surface area contributed by atoms with Gasteiger partial charge in [0.05, 0.1) is 0 Å². The van der Waals surface area contributed by atoms with Gasteiger partial charge in [0.1, 0.15) is 0 Å². The van der Waals surface area contributed by atoms with E-state index in [9.17, 15) is 9.59 Å². The Bertz CT molecular complexity index is 258. The van der Waals surface area contributed by atoms with E-state index in [1.54, 1.807) is 7.05 Å². The van der Waals surface area contributed by atoms with Crippen molar-refractivity contribution in [1.29, 1.82) is 0 Å². The fourth-order valence-electron chi connectivity index (χ4n) is 1.19. The Kier molecular flexibility index (Phi) is 5.44. The number of carbonyl (C=O) groups is 2. The van der Waals surface area contributed by atoms with Gasteiger partial charge in [-0.2, -0.15) is 0 Å². The van der Waals surface area contributed by atoms with Crippen LogP contribution in [-0.2, 0) is 9.59 Å². The smallest absolute Gasteiger partial charge is 0.330 e. The largest absolute Gasteiger partial charge is 0.480 e. The number of carbonyl (C=O) groups excluding carboxylic acids is 1. The van der Waals surface area contributed by atoms with Gasteiger partial charge in [0.25, 0.3) is 5.91 Å². The lowest BCUT2D eigenvalue weighted by Gasteiger charge is -2.25. The first-order chi connectivity index (χ1) is 7.19. The van der Waals surface area contributed by atoms with Crippen LogP contribution < -0.4 is 5.32 Å². The Balaban J connectivity index is 4.32. The van der Waals surface area contributed by atoms with Crippen LogP contribution in [0.3, 0.4) is 0 Å². The van der Waals surface area contributed by atoms with Crippen LogP contribution in [-0.4, -0.2) is 48.6 Å². The topological polar surface area (TPSA) is 69.6 Å². The Hall–Kier alpha value is -1.10. The monoisotopic (exact) mass is 230 g/mol. The van der Waals surface area contributed by atoms with Gasteiger partial charge in [0.15, 0.2) is 6.04 Å². The summed E-state index contributed by atoms with van der Waals surface area (Å²) in [5.74, 6) is -1.55. The van der Waals surface area contributed by atoms with Crippen molar-refractivity contribution in [2.45, 2.75) is 33.2 Å². The minimum Gasteiger partial charge on any atom is -0.480 e. The molecule has 1 amide bonds. The molecule has 5 heteroatoms. The van der Waals surface area contributed by atoms with Crippen molar-refractivity contribution in [2.24, 2.45) is 5.41 Å². The fraction of sp³-hybridized carbons (Fsp3) is 0.818. The lowest BCUT2D eigenvalue weighted by molar-refractivity contribution is -0.147. The number of carboxylic acids is 1. The van der Waals surface area contributed by atoms with Gasteiger partial charge in [-0.25, -0.2) is 4.79 Å². The molecule has 0 aliphatic rings. The summed E-state index contributed by atoms with van der Waals surface area (Å²) >= 11 is 0. The van der Waals surface area contributed by atoms with Crippen LogP contribution >= 0.6 is 0 Å². The zero-order chi connectivity index (χ0) is 12.9. The molecule has 0 saturated heterocycles. The highest BCUT2D eigenvalue weighted by molar-refractivity contribution is 6.00. The molecule has 0 aliphatic carbocycles. The molecular weight excluding hydrogens is 208 g/mol. The number of nitrogens with one attached hydrogen (secondary N) is 1. The predicted molar refractivity (Wildman–Crippen MR) is 62.2 cm³/mol. The van der Waals surface area contributed by atoms with Crippen LogP contribution in [0.15, 0.2) is 0 Å². The molecule has 0 aromatic heterocycles. The van der Waals surface area contributed by atoms with Crippen molar-refractivity contribution in [3.63, 3.8) is 0 Å². The third kappa shape index (κ3) is 5.11. The number of rotatable bonds is 5. The van der Waals surface area contributed by atoms with Crippen LogP contribution in [0.2, 0.25) is 0 Å². The molecule has 0 fully saturated rings. The number of hydrogen-bond donors (Lipinski definition) is 2. The molecule has 0 spiro atoms. The SMILES string of the molecule is CNC(C(=O)O)C(=O)N(C)CCC(C)(C)C. The molecule has 0 heterocycles. The maximum atomic E-state index is 11.7. The lowest BCUT2D eigenvalue weighted by atomic mass is 9.92. The summed E-state index contributed by atoms with van der Waals surface area (Å²) in [6, 6.07) is -1.15. The standard InChI is InChI=1S/C11H22N2O3/c1-11(2,3)6-7-13(5)9(14)8(12-4)10(15)16/h8,12H,6-7H2,1-5H3,(H,15,16). The highest BCUT2D eigenvalue weighted by Crippen LogP contribution is 2.18. The molecule has 0 aromatic carbocycles. The highest BCUT2D eigenvalue weighted by Gasteiger charge is 2.27. The molecule has 1 unspecified atom stereocenters. The molecule has 5 nitrogen and oxygen atoms in total. The van der Waals surface area contributed by atoms with E-state index >= 15 is 0 Å². The van der Waals surface area contributed by atoms with Gasteiger partial charge in [-0.05, 0) is 18.9 Å². The summed E-state index contributed by atoms with van der Waals surface area (Å²) in [6.45, 7) is 6.81. The predicted octanol–water partition coefficient (Wildman–Crippen LogP) is 0.554. The van der Waals surface area contributed by atoms with E-state index in [1.807, 2.05) is 0 Å². The van der Waals surface area contributed by atoms with Crippen molar-refractivity contribution in [1.82, 2.24) is 10.2 Å². The third-order valence-electron chi connectivity index (χ3n) is 2.36. The van der Waals surface area contributed by atoms with Crippen molar-refractivity contribution in [3.05, 3.63) is 0 Å². The summed E-state index contributed by atoms with van der Waals surface area (Å²) in [5, 5.41) is 11.3. The quantitative estimate of drug-likeness (QED) is 0.677. The molecule has 0 rings (SSSR count). The Labute approximate surface area is 96.8 Å². The van der Waals surface area contributed by atoms with Gasteiger partial charge in [-0.15, -0.1) is 0 Å². The van der Waals surface area contributed by atoms with E-state index in [2.05, 4.69) is 26.1 Å². The summed E-state index contributed by atoms with van der Waals surface area (Å²) in [4.78, 5) is 23.9. The average molecular weight is 230 g/mol. The molecule has 0 saturated carbocycles. The van der Waals surface area contributed by atoms with Crippen molar-refractivity contribution >= 4 is 11.9 Å². The second-order valence-electron chi connectivity index (χ2n) is 5.13. The average Bonchev–Trinajstić information content (AvgIpc) is 2.13. The summed E-state index contributed by atoms with van der Waals surface area (Å²) in [5.41, 5.74) is 0.132. The Morgan fingerprint density at radius 1 is 1.38 bits per heavy atom. The van der Waals surface area contributed by atoms with Crippen LogP contribution in [0, 0.1) is 5.41 Å². The number of carboxylic acid groups (broad SMARTS) is 1. The second kappa shape index (κ2) is 5.84. The third-order valence-corrected chi connectivity index (χ3v) is 2.36. The first kappa shape index (κ1) is 14.9. The van der Waals surface area contributed by atoms with Crippen molar-refractivity contribution in [2.75, 3.05) is 20.6 Å². The summed E-state index contributed by atoms with van der Waals surface area (Å²) in [6.07, 6.45) is 0.839. The maximum absolute atomic E-state index is 11.7. The fourth-order valence-corrected chi connectivity index (χ4v) is 1.19. The molecule has 94 valence electrons. The number of aliphatic carboxylic acids is 1. The number of likely N-dealkylation sites (N-methyl/N-ethyl adjacent to an activating group) is 2. The normalized spacial score (nSPS) is 13.3. The zero-order valence-electron chi connectivity index (χ0n) is 10.7. The molecule has 0 aromatic rings. The number of hydrogen-bond acceptors (Lipinski definition) is 3. The Morgan fingerprint density at radius 2 is 1.88 bits per heavy atom. The van der Waals surface area contributed by atoms with Crippen LogP contribution in [0.4, 0.5) is 0 Å². The van der Waals surface area contributed by atoms with E-state index in [0.29, 0.717) is 6.54 Å². The maximum Gasteiger partial charge on any atom is 0.330 e. The number of nitrogens with zero attached hydrogens (tertiary/aromatic N) is 1. The number of amides is 1. The van der Waals surface area contributed by atoms with Gasteiger partial charge >= 0.3 is 5.97 Å². The van der Waals surface area contributed by atoms with Crippen LogP contribution in [0.1, 0.15) is 27.2 Å². The van der Waals surface area contributed by atoms with E-state index in [0.717, 1.165) is 6.42 Å². The molecule has 1 atom stereocenters. The van der Waals surface area contributed by atoms with Gasteiger partial charge in [0, 0.05) is 13.6 Å². The van der Waals surface area contributed by atoms with Crippen molar-refractivity contribution < 1.29 is 14.7 Å². The Morgan fingerprint density at radius 3 is 2.19 bits per heavy atom. The van der Waals surface area contributed by atoms with Crippen LogP contribution in [0.5, 0.6) is 0 Å². The van der Waals surface area contributed by atoms with Crippen LogP contribution in [0.25, 0.3) is 0 Å². The first-order valence-corrected chi connectivity index (χ1v) is 5.34. The summed E-state index contributed by atoms with van der Waals surface area (Å²) in [7, 11) is 3.09. The minimum atomic E-state index is -1.15.